The Labute approximate surface area is 274 Å². The van der Waals surface area contributed by atoms with E-state index in [1.54, 1.807) is 0 Å². The van der Waals surface area contributed by atoms with Crippen LogP contribution in [0.5, 0.6) is 0 Å². The summed E-state index contributed by atoms with van der Waals surface area (Å²) >= 11 is 0. The van der Waals surface area contributed by atoms with Crippen LogP contribution in [0, 0.1) is 0 Å². The van der Waals surface area contributed by atoms with Crippen molar-refractivity contribution in [3.8, 4) is 33.4 Å². The molecule has 0 heteroatoms. The predicted molar refractivity (Wildman–Crippen MR) is 202 cm³/mol. The van der Waals surface area contributed by atoms with Gasteiger partial charge in [-0.2, -0.15) is 0 Å². The number of hydrogen-bond acceptors (Lipinski definition) is 0. The van der Waals surface area contributed by atoms with E-state index < -0.39 is 0 Å². The van der Waals surface area contributed by atoms with Crippen LogP contribution >= 0.6 is 0 Å². The fourth-order valence-corrected chi connectivity index (χ4v) is 8.54. The molecule has 0 atom stereocenters. The molecular formula is C47H32. The average Bonchev–Trinajstić information content (AvgIpc) is 3.36. The summed E-state index contributed by atoms with van der Waals surface area (Å²) in [7, 11) is 0. The highest BCUT2D eigenvalue weighted by Gasteiger charge is 2.38. The Morgan fingerprint density at radius 1 is 0.340 bits per heavy atom. The third-order valence-corrected chi connectivity index (χ3v) is 10.8. The van der Waals surface area contributed by atoms with Gasteiger partial charge in [0.05, 0.1) is 0 Å². The van der Waals surface area contributed by atoms with Crippen LogP contribution in [-0.2, 0) is 5.41 Å². The summed E-state index contributed by atoms with van der Waals surface area (Å²) in [5.41, 5.74) is 10.5. The highest BCUT2D eigenvalue weighted by atomic mass is 14.4. The van der Waals surface area contributed by atoms with Crippen LogP contribution in [-0.4, -0.2) is 0 Å². The highest BCUT2D eigenvalue weighted by molar-refractivity contribution is 6.19. The van der Waals surface area contributed by atoms with E-state index in [1.165, 1.54) is 98.4 Å². The van der Waals surface area contributed by atoms with Gasteiger partial charge in [0.2, 0.25) is 0 Å². The monoisotopic (exact) mass is 596 g/mol. The second-order valence-electron chi connectivity index (χ2n) is 13.7. The Morgan fingerprint density at radius 3 is 1.62 bits per heavy atom. The fourth-order valence-electron chi connectivity index (χ4n) is 8.54. The Bertz CT molecular complexity index is 2740. The van der Waals surface area contributed by atoms with E-state index in [-0.39, 0.29) is 5.41 Å². The summed E-state index contributed by atoms with van der Waals surface area (Å²) in [4.78, 5) is 0. The quantitative estimate of drug-likeness (QED) is 0.174. The maximum absolute atomic E-state index is 2.47. The molecule has 9 aromatic carbocycles. The standard InChI is InChI=1S/C47H32/c1-47(2)44-28-34-25-31(29-19-21-30(22-20-29)42-27-33-11-3-4-12-35(33)36-13-5-6-16-39(36)42)23-24-32(34)26-43(44)45-40-17-9-7-14-37(40)38-15-8-10-18-41(38)46(45)47/h3-28H,1-2H3. The zero-order valence-electron chi connectivity index (χ0n) is 26.5. The zero-order valence-corrected chi connectivity index (χ0v) is 26.5. The molecule has 0 saturated carbocycles. The van der Waals surface area contributed by atoms with Gasteiger partial charge in [0.15, 0.2) is 0 Å². The summed E-state index contributed by atoms with van der Waals surface area (Å²) in [5, 5.41) is 13.1. The van der Waals surface area contributed by atoms with Crippen molar-refractivity contribution in [1.82, 2.24) is 0 Å². The predicted octanol–water partition coefficient (Wildman–Crippen LogP) is 13.1. The summed E-state index contributed by atoms with van der Waals surface area (Å²) in [6, 6.07) is 58.7. The van der Waals surface area contributed by atoms with Crippen molar-refractivity contribution in [2.24, 2.45) is 0 Å². The van der Waals surface area contributed by atoms with Gasteiger partial charge in [-0.25, -0.2) is 0 Å². The molecule has 47 heavy (non-hydrogen) atoms. The number of benzene rings is 9. The first kappa shape index (κ1) is 26.5. The van der Waals surface area contributed by atoms with Gasteiger partial charge >= 0.3 is 0 Å². The van der Waals surface area contributed by atoms with Gasteiger partial charge in [0, 0.05) is 5.41 Å². The zero-order chi connectivity index (χ0) is 31.3. The minimum absolute atomic E-state index is 0.108. The summed E-state index contributed by atoms with van der Waals surface area (Å²) in [6.45, 7) is 4.81. The number of hydrogen-bond donors (Lipinski definition) is 0. The van der Waals surface area contributed by atoms with E-state index in [9.17, 15) is 0 Å². The molecule has 0 amide bonds. The van der Waals surface area contributed by atoms with Gasteiger partial charge in [-0.15, -0.1) is 0 Å². The average molecular weight is 597 g/mol. The molecule has 0 radical (unpaired) electrons. The van der Waals surface area contributed by atoms with Gasteiger partial charge in [0.1, 0.15) is 0 Å². The molecule has 10 rings (SSSR count). The molecule has 0 aliphatic heterocycles. The van der Waals surface area contributed by atoms with Crippen LogP contribution in [0.1, 0.15) is 25.0 Å². The smallest absolute Gasteiger partial charge is 0.0165 e. The molecular weight excluding hydrogens is 565 g/mol. The molecule has 0 unspecified atom stereocenters. The Balaban J connectivity index is 1.10. The molecule has 0 saturated heterocycles. The molecule has 0 spiro atoms. The molecule has 0 fully saturated rings. The third kappa shape index (κ3) is 3.76. The first-order valence-corrected chi connectivity index (χ1v) is 16.6. The molecule has 1 aliphatic carbocycles. The van der Waals surface area contributed by atoms with Gasteiger partial charge in [-0.3, -0.25) is 0 Å². The first-order valence-electron chi connectivity index (χ1n) is 16.6. The third-order valence-electron chi connectivity index (χ3n) is 10.8. The van der Waals surface area contributed by atoms with Crippen molar-refractivity contribution in [2.75, 3.05) is 0 Å². The lowest BCUT2D eigenvalue weighted by Gasteiger charge is -2.24. The molecule has 0 aromatic heterocycles. The molecule has 220 valence electrons. The highest BCUT2D eigenvalue weighted by Crippen LogP contribution is 2.55. The molecule has 9 aromatic rings. The molecule has 0 heterocycles. The molecule has 0 bridgehead atoms. The maximum atomic E-state index is 2.47. The Morgan fingerprint density at radius 2 is 0.872 bits per heavy atom. The minimum Gasteiger partial charge on any atom is -0.0616 e. The SMILES string of the molecule is CC1(C)c2cc3cc(-c4ccc(-c5cc6ccccc6c6ccccc56)cc4)ccc3cc2-c2c1c1ccccc1c1ccccc21. The van der Waals surface area contributed by atoms with Crippen LogP contribution in [0.2, 0.25) is 0 Å². The first-order chi connectivity index (χ1) is 23.1. The normalized spacial score (nSPS) is 13.5. The maximum Gasteiger partial charge on any atom is 0.0165 e. The second kappa shape index (κ2) is 9.64. The lowest BCUT2D eigenvalue weighted by Crippen LogP contribution is -2.15. The summed E-state index contributed by atoms with van der Waals surface area (Å²) < 4.78 is 0. The number of fused-ring (bicyclic) bond motifs is 12. The van der Waals surface area contributed by atoms with E-state index in [2.05, 4.69) is 172 Å². The topological polar surface area (TPSA) is 0 Å². The van der Waals surface area contributed by atoms with E-state index in [0.29, 0.717) is 0 Å². The minimum atomic E-state index is -0.108. The van der Waals surface area contributed by atoms with Gasteiger partial charge in [-0.1, -0.05) is 147 Å². The van der Waals surface area contributed by atoms with Crippen molar-refractivity contribution < 1.29 is 0 Å². The van der Waals surface area contributed by atoms with Crippen molar-refractivity contribution in [3.63, 3.8) is 0 Å². The second-order valence-corrected chi connectivity index (χ2v) is 13.7. The van der Waals surface area contributed by atoms with E-state index in [4.69, 9.17) is 0 Å². The fraction of sp³-hybridized carbons (Fsp3) is 0.0638. The van der Waals surface area contributed by atoms with Crippen LogP contribution in [0.25, 0.3) is 87.2 Å². The largest absolute Gasteiger partial charge is 0.0616 e. The lowest BCUT2D eigenvalue weighted by atomic mass is 9.79. The number of rotatable bonds is 2. The van der Waals surface area contributed by atoms with E-state index >= 15 is 0 Å². The van der Waals surface area contributed by atoms with Crippen LogP contribution in [0.3, 0.4) is 0 Å². The Kier molecular flexibility index (Phi) is 5.44. The van der Waals surface area contributed by atoms with Crippen LogP contribution in [0.4, 0.5) is 0 Å². The van der Waals surface area contributed by atoms with Gasteiger partial charge in [-0.05, 0) is 123 Å². The van der Waals surface area contributed by atoms with Gasteiger partial charge < -0.3 is 0 Å². The molecule has 1 aliphatic rings. The van der Waals surface area contributed by atoms with E-state index in [0.717, 1.165) is 0 Å². The van der Waals surface area contributed by atoms with Crippen molar-refractivity contribution in [1.29, 1.82) is 0 Å². The van der Waals surface area contributed by atoms with Crippen molar-refractivity contribution >= 4 is 53.9 Å². The Hall–Kier alpha value is -5.72. The van der Waals surface area contributed by atoms with Crippen LogP contribution in [0.15, 0.2) is 158 Å². The molecule has 0 nitrogen and oxygen atoms in total. The van der Waals surface area contributed by atoms with Crippen molar-refractivity contribution in [2.45, 2.75) is 19.3 Å². The van der Waals surface area contributed by atoms with Gasteiger partial charge in [0.25, 0.3) is 0 Å². The molecule has 0 N–H and O–H groups in total. The lowest BCUT2D eigenvalue weighted by molar-refractivity contribution is 0.667. The van der Waals surface area contributed by atoms with Crippen LogP contribution < -0.4 is 0 Å². The van der Waals surface area contributed by atoms with Crippen molar-refractivity contribution in [3.05, 3.63) is 169 Å². The summed E-state index contributed by atoms with van der Waals surface area (Å²) in [6.07, 6.45) is 0. The summed E-state index contributed by atoms with van der Waals surface area (Å²) in [5.74, 6) is 0. The van der Waals surface area contributed by atoms with E-state index in [1.807, 2.05) is 0 Å².